The first kappa shape index (κ1) is 17.1. The van der Waals surface area contributed by atoms with Crippen molar-refractivity contribution in [2.75, 3.05) is 5.32 Å². The number of rotatable bonds is 5. The molecule has 130 valence electrons. The van der Waals surface area contributed by atoms with E-state index in [1.807, 2.05) is 55.9 Å². The average Bonchev–Trinajstić information content (AvgIpc) is 2.99. The van der Waals surface area contributed by atoms with Gasteiger partial charge in [0.25, 0.3) is 0 Å². The molecule has 1 N–H and O–H groups in total. The Morgan fingerprint density at radius 2 is 2.08 bits per heavy atom. The van der Waals surface area contributed by atoms with E-state index in [-0.39, 0.29) is 0 Å². The lowest BCUT2D eigenvalue weighted by molar-refractivity contribution is 0.742. The van der Waals surface area contributed by atoms with Crippen LogP contribution in [0.3, 0.4) is 0 Å². The number of aliphatic imine (C=N–C) groups is 1. The SMILES string of the molecule is CC[C@@H](C)Nc1ncc2c(-c3ccc(N=C(C)C)c(C)n3)ccn2n1. The summed E-state index contributed by atoms with van der Waals surface area (Å²) < 4.78 is 1.84. The van der Waals surface area contributed by atoms with E-state index in [2.05, 4.69) is 34.2 Å². The number of pyridine rings is 1. The van der Waals surface area contributed by atoms with E-state index in [1.165, 1.54) is 0 Å². The Morgan fingerprint density at radius 1 is 1.28 bits per heavy atom. The highest BCUT2D eigenvalue weighted by Crippen LogP contribution is 2.27. The molecule has 0 radical (unpaired) electrons. The third kappa shape index (κ3) is 3.68. The first-order chi connectivity index (χ1) is 12.0. The maximum atomic E-state index is 4.71. The number of hydrogen-bond acceptors (Lipinski definition) is 5. The number of anilines is 1. The number of fused-ring (bicyclic) bond motifs is 1. The van der Waals surface area contributed by atoms with Crippen molar-refractivity contribution in [2.24, 2.45) is 4.99 Å². The van der Waals surface area contributed by atoms with Gasteiger partial charge in [0.1, 0.15) is 0 Å². The molecule has 0 aliphatic carbocycles. The predicted molar refractivity (Wildman–Crippen MR) is 103 cm³/mol. The van der Waals surface area contributed by atoms with Gasteiger partial charge in [0, 0.05) is 23.5 Å². The van der Waals surface area contributed by atoms with Crippen molar-refractivity contribution in [3.8, 4) is 11.3 Å². The Labute approximate surface area is 148 Å². The van der Waals surface area contributed by atoms with E-state index < -0.39 is 0 Å². The molecule has 1 atom stereocenters. The molecule has 0 unspecified atom stereocenters. The average molecular weight is 336 g/mol. The third-order valence-corrected chi connectivity index (χ3v) is 4.08. The van der Waals surface area contributed by atoms with Crippen molar-refractivity contribution in [3.05, 3.63) is 36.3 Å². The van der Waals surface area contributed by atoms with Gasteiger partial charge < -0.3 is 5.32 Å². The first-order valence-electron chi connectivity index (χ1n) is 8.58. The fraction of sp³-hybridized carbons (Fsp3) is 0.368. The quantitative estimate of drug-likeness (QED) is 0.700. The molecule has 0 aromatic carbocycles. The maximum Gasteiger partial charge on any atom is 0.241 e. The molecule has 0 fully saturated rings. The molecule has 6 heteroatoms. The molecular formula is C19H24N6. The summed E-state index contributed by atoms with van der Waals surface area (Å²) >= 11 is 0. The van der Waals surface area contributed by atoms with Crippen LogP contribution < -0.4 is 5.32 Å². The Balaban J connectivity index is 1.97. The van der Waals surface area contributed by atoms with Gasteiger partial charge in [-0.3, -0.25) is 9.98 Å². The summed E-state index contributed by atoms with van der Waals surface area (Å²) in [6, 6.07) is 6.36. The van der Waals surface area contributed by atoms with Crippen molar-refractivity contribution in [2.45, 2.75) is 47.1 Å². The molecule has 3 aromatic heterocycles. The molecule has 0 aliphatic rings. The topological polar surface area (TPSA) is 67.5 Å². The molecule has 3 heterocycles. The fourth-order valence-electron chi connectivity index (χ4n) is 2.57. The maximum absolute atomic E-state index is 4.71. The van der Waals surface area contributed by atoms with Gasteiger partial charge in [-0.05, 0) is 52.3 Å². The molecule has 25 heavy (non-hydrogen) atoms. The second-order valence-electron chi connectivity index (χ2n) is 6.45. The van der Waals surface area contributed by atoms with E-state index >= 15 is 0 Å². The molecule has 6 nitrogen and oxygen atoms in total. The van der Waals surface area contributed by atoms with Crippen molar-refractivity contribution in [3.63, 3.8) is 0 Å². The van der Waals surface area contributed by atoms with Crippen LogP contribution >= 0.6 is 0 Å². The Morgan fingerprint density at radius 3 is 2.76 bits per heavy atom. The molecule has 3 aromatic rings. The summed E-state index contributed by atoms with van der Waals surface area (Å²) in [5.41, 5.74) is 5.68. The van der Waals surface area contributed by atoms with Gasteiger partial charge >= 0.3 is 0 Å². The lowest BCUT2D eigenvalue weighted by atomic mass is 10.1. The highest BCUT2D eigenvalue weighted by Gasteiger charge is 2.11. The number of nitrogens with one attached hydrogen (secondary N) is 1. The van der Waals surface area contributed by atoms with Gasteiger partial charge in [-0.25, -0.2) is 9.50 Å². The number of aromatic nitrogens is 4. The van der Waals surface area contributed by atoms with Crippen LogP contribution in [0.1, 0.15) is 39.8 Å². The predicted octanol–water partition coefficient (Wildman–Crippen LogP) is 4.42. The summed E-state index contributed by atoms with van der Waals surface area (Å²) in [5, 5.41) is 7.83. The van der Waals surface area contributed by atoms with Crippen LogP contribution in [0.2, 0.25) is 0 Å². The molecule has 0 aliphatic heterocycles. The van der Waals surface area contributed by atoms with E-state index in [0.717, 1.165) is 40.3 Å². The number of hydrogen-bond donors (Lipinski definition) is 1. The molecule has 3 rings (SSSR count). The Kier molecular flexibility index (Phi) is 4.79. The highest BCUT2D eigenvalue weighted by atomic mass is 15.3. The zero-order valence-corrected chi connectivity index (χ0v) is 15.4. The summed E-state index contributed by atoms with van der Waals surface area (Å²) in [4.78, 5) is 13.7. The summed E-state index contributed by atoms with van der Waals surface area (Å²) in [6.07, 6.45) is 4.80. The zero-order valence-electron chi connectivity index (χ0n) is 15.4. The molecule has 0 saturated heterocycles. The molecule has 0 amide bonds. The minimum Gasteiger partial charge on any atom is -0.351 e. The van der Waals surface area contributed by atoms with Gasteiger partial charge in [-0.15, -0.1) is 5.10 Å². The number of nitrogens with zero attached hydrogens (tertiary/aromatic N) is 5. The molecular weight excluding hydrogens is 312 g/mol. The van der Waals surface area contributed by atoms with Crippen LogP contribution in [0.5, 0.6) is 0 Å². The van der Waals surface area contributed by atoms with Crippen molar-refractivity contribution in [1.29, 1.82) is 0 Å². The van der Waals surface area contributed by atoms with E-state index in [1.54, 1.807) is 0 Å². The monoisotopic (exact) mass is 336 g/mol. The first-order valence-corrected chi connectivity index (χ1v) is 8.58. The van der Waals surface area contributed by atoms with E-state index in [4.69, 9.17) is 4.98 Å². The Hall–Kier alpha value is -2.76. The van der Waals surface area contributed by atoms with Crippen molar-refractivity contribution >= 4 is 22.9 Å². The van der Waals surface area contributed by atoms with Crippen LogP contribution in [0, 0.1) is 6.92 Å². The minimum absolute atomic E-state index is 0.340. The highest BCUT2D eigenvalue weighted by molar-refractivity contribution is 5.83. The summed E-state index contributed by atoms with van der Waals surface area (Å²) in [7, 11) is 0. The van der Waals surface area contributed by atoms with Crippen molar-refractivity contribution < 1.29 is 0 Å². The number of aryl methyl sites for hydroxylation is 1. The molecule has 0 spiro atoms. The van der Waals surface area contributed by atoms with Gasteiger partial charge in [-0.1, -0.05) is 6.92 Å². The lowest BCUT2D eigenvalue weighted by Crippen LogP contribution is -2.16. The molecule has 0 bridgehead atoms. The third-order valence-electron chi connectivity index (χ3n) is 4.08. The van der Waals surface area contributed by atoms with E-state index in [0.29, 0.717) is 12.0 Å². The smallest absolute Gasteiger partial charge is 0.241 e. The van der Waals surface area contributed by atoms with Crippen LogP contribution in [0.15, 0.2) is 35.6 Å². The van der Waals surface area contributed by atoms with Crippen LogP contribution in [0.25, 0.3) is 16.8 Å². The van der Waals surface area contributed by atoms with Crippen LogP contribution in [-0.4, -0.2) is 31.3 Å². The van der Waals surface area contributed by atoms with E-state index in [9.17, 15) is 0 Å². The van der Waals surface area contributed by atoms with Crippen LogP contribution in [0.4, 0.5) is 11.6 Å². The molecule has 0 saturated carbocycles. The summed E-state index contributed by atoms with van der Waals surface area (Å²) in [6.45, 7) is 10.2. The van der Waals surface area contributed by atoms with Crippen molar-refractivity contribution in [1.82, 2.24) is 19.6 Å². The standard InChI is InChI=1S/C19H24N6/c1-6-13(4)22-19-20-11-18-15(9-10-25(18)24-19)17-8-7-16(14(5)23-17)21-12(2)3/h7-11,13H,6H2,1-5H3,(H,22,24)/t13-/m1/s1. The van der Waals surface area contributed by atoms with Gasteiger partial charge in [0.15, 0.2) is 0 Å². The zero-order chi connectivity index (χ0) is 18.0. The summed E-state index contributed by atoms with van der Waals surface area (Å²) in [5.74, 6) is 0.635. The fourth-order valence-corrected chi connectivity index (χ4v) is 2.57. The normalized spacial score (nSPS) is 12.2. The lowest BCUT2D eigenvalue weighted by Gasteiger charge is -2.11. The van der Waals surface area contributed by atoms with Crippen LogP contribution in [-0.2, 0) is 0 Å². The van der Waals surface area contributed by atoms with Gasteiger partial charge in [-0.2, -0.15) is 0 Å². The van der Waals surface area contributed by atoms with Gasteiger partial charge in [0.05, 0.1) is 28.8 Å². The van der Waals surface area contributed by atoms with Gasteiger partial charge in [0.2, 0.25) is 5.95 Å². The second kappa shape index (κ2) is 7.01. The Bertz CT molecular complexity index is 921. The minimum atomic E-state index is 0.340. The second-order valence-corrected chi connectivity index (χ2v) is 6.45. The largest absolute Gasteiger partial charge is 0.351 e.